The van der Waals surface area contributed by atoms with Crippen molar-refractivity contribution in [3.05, 3.63) is 84.1 Å². The van der Waals surface area contributed by atoms with Gasteiger partial charge in [0, 0.05) is 28.7 Å². The van der Waals surface area contributed by atoms with Crippen LogP contribution in [0.15, 0.2) is 72.9 Å². The molecule has 2 nitrogen and oxygen atoms in total. The van der Waals surface area contributed by atoms with Crippen molar-refractivity contribution in [1.29, 1.82) is 5.26 Å². The van der Waals surface area contributed by atoms with Crippen molar-refractivity contribution >= 4 is 33.3 Å². The Morgan fingerprint density at radius 2 is 1.78 bits per heavy atom. The second kappa shape index (κ2) is 7.13. The number of benzene rings is 3. The molecule has 1 atom stereocenters. The summed E-state index contributed by atoms with van der Waals surface area (Å²) in [6.07, 6.45) is 5.26. The van der Waals surface area contributed by atoms with Gasteiger partial charge in [-0.05, 0) is 47.9 Å². The Hall–Kier alpha value is -3.31. The minimum absolute atomic E-state index is 0.420. The molecule has 4 aromatic rings. The minimum atomic E-state index is 0.420. The van der Waals surface area contributed by atoms with Gasteiger partial charge in [0.2, 0.25) is 0 Å². The van der Waals surface area contributed by atoms with Crippen molar-refractivity contribution in [3.63, 3.8) is 0 Å². The zero-order chi connectivity index (χ0) is 18.8. The molecule has 0 aliphatic heterocycles. The fraction of sp³-hybridized carbons (Fsp3) is 0.160. The van der Waals surface area contributed by atoms with Crippen molar-refractivity contribution in [3.8, 4) is 6.07 Å². The SMILES string of the molecule is CC[C@H](C)n1cc(/C=C(/C#N)c2ccc3ccccc3c2)c2ccccc21. The van der Waals surface area contributed by atoms with Gasteiger partial charge in [-0.2, -0.15) is 5.26 Å². The Balaban J connectivity index is 1.86. The molecule has 0 bridgehead atoms. The Morgan fingerprint density at radius 1 is 1.04 bits per heavy atom. The molecule has 0 aliphatic carbocycles. The smallest absolute Gasteiger partial charge is 0.0998 e. The number of rotatable bonds is 4. The maximum atomic E-state index is 9.82. The van der Waals surface area contributed by atoms with Crippen LogP contribution in [0.1, 0.15) is 37.4 Å². The predicted molar refractivity (Wildman–Crippen MR) is 114 cm³/mol. The summed E-state index contributed by atoms with van der Waals surface area (Å²) in [5, 5.41) is 13.3. The number of hydrogen-bond acceptors (Lipinski definition) is 1. The molecule has 0 N–H and O–H groups in total. The molecule has 0 radical (unpaired) electrons. The Labute approximate surface area is 160 Å². The van der Waals surface area contributed by atoms with E-state index in [-0.39, 0.29) is 0 Å². The van der Waals surface area contributed by atoms with Gasteiger partial charge >= 0.3 is 0 Å². The molecule has 1 aromatic heterocycles. The van der Waals surface area contributed by atoms with Gasteiger partial charge in [-0.3, -0.25) is 0 Å². The number of allylic oxidation sites excluding steroid dienone is 1. The van der Waals surface area contributed by atoms with Crippen LogP contribution in [0.3, 0.4) is 0 Å². The van der Waals surface area contributed by atoms with Crippen molar-refractivity contribution < 1.29 is 0 Å². The van der Waals surface area contributed by atoms with Crippen molar-refractivity contribution in [2.75, 3.05) is 0 Å². The number of hydrogen-bond donors (Lipinski definition) is 0. The molecule has 0 aliphatic rings. The van der Waals surface area contributed by atoms with Crippen LogP contribution < -0.4 is 0 Å². The third-order valence-electron chi connectivity index (χ3n) is 5.32. The Bertz CT molecular complexity index is 1190. The van der Waals surface area contributed by atoms with Gasteiger partial charge in [0.1, 0.15) is 0 Å². The molecule has 0 spiro atoms. The van der Waals surface area contributed by atoms with Gasteiger partial charge in [0.05, 0.1) is 11.6 Å². The monoisotopic (exact) mass is 350 g/mol. The van der Waals surface area contributed by atoms with E-state index in [1.165, 1.54) is 16.3 Å². The second-order valence-corrected chi connectivity index (χ2v) is 7.00. The number of fused-ring (bicyclic) bond motifs is 2. The van der Waals surface area contributed by atoms with Crippen LogP contribution in [0, 0.1) is 11.3 Å². The number of aromatic nitrogens is 1. The fourth-order valence-electron chi connectivity index (χ4n) is 3.60. The maximum Gasteiger partial charge on any atom is 0.0998 e. The molecule has 1 heterocycles. The van der Waals surface area contributed by atoms with Crippen molar-refractivity contribution in [2.24, 2.45) is 0 Å². The lowest BCUT2D eigenvalue weighted by molar-refractivity contribution is 0.548. The summed E-state index contributed by atoms with van der Waals surface area (Å²) in [4.78, 5) is 0. The van der Waals surface area contributed by atoms with Crippen LogP contribution >= 0.6 is 0 Å². The average molecular weight is 350 g/mol. The molecule has 2 heteroatoms. The first-order valence-corrected chi connectivity index (χ1v) is 9.42. The number of nitrogens with zero attached hydrogens (tertiary/aromatic N) is 2. The first kappa shape index (κ1) is 17.1. The zero-order valence-electron chi connectivity index (χ0n) is 15.7. The minimum Gasteiger partial charge on any atom is -0.344 e. The van der Waals surface area contributed by atoms with E-state index in [0.29, 0.717) is 11.6 Å². The molecule has 0 unspecified atom stereocenters. The number of nitriles is 1. The Morgan fingerprint density at radius 3 is 2.56 bits per heavy atom. The van der Waals surface area contributed by atoms with E-state index in [2.05, 4.69) is 79.2 Å². The van der Waals surface area contributed by atoms with Crippen LogP contribution in [0.2, 0.25) is 0 Å². The highest BCUT2D eigenvalue weighted by Gasteiger charge is 2.12. The van der Waals surface area contributed by atoms with Gasteiger partial charge in [0.15, 0.2) is 0 Å². The predicted octanol–water partition coefficient (Wildman–Crippen LogP) is 6.83. The quantitative estimate of drug-likeness (QED) is 0.371. The highest BCUT2D eigenvalue weighted by molar-refractivity contribution is 5.99. The first-order chi connectivity index (χ1) is 13.2. The summed E-state index contributed by atoms with van der Waals surface area (Å²) >= 11 is 0. The van der Waals surface area contributed by atoms with E-state index >= 15 is 0 Å². The molecule has 132 valence electrons. The molecular formula is C25H22N2. The van der Waals surface area contributed by atoms with E-state index in [1.807, 2.05) is 24.3 Å². The van der Waals surface area contributed by atoms with Gasteiger partial charge in [-0.25, -0.2) is 0 Å². The summed E-state index contributed by atoms with van der Waals surface area (Å²) in [5.41, 5.74) is 3.95. The largest absolute Gasteiger partial charge is 0.344 e. The van der Waals surface area contributed by atoms with E-state index in [9.17, 15) is 5.26 Å². The van der Waals surface area contributed by atoms with Crippen LogP contribution in [-0.4, -0.2) is 4.57 Å². The third-order valence-corrected chi connectivity index (χ3v) is 5.32. The topological polar surface area (TPSA) is 28.7 Å². The lowest BCUT2D eigenvalue weighted by Crippen LogP contribution is -2.01. The molecule has 0 amide bonds. The first-order valence-electron chi connectivity index (χ1n) is 9.42. The summed E-state index contributed by atoms with van der Waals surface area (Å²) in [6, 6.07) is 25.7. The van der Waals surface area contributed by atoms with E-state index in [4.69, 9.17) is 0 Å². The molecule has 0 saturated carbocycles. The lowest BCUT2D eigenvalue weighted by atomic mass is 10.00. The van der Waals surface area contributed by atoms with Crippen LogP contribution in [-0.2, 0) is 0 Å². The Kier molecular flexibility index (Phi) is 4.52. The highest BCUT2D eigenvalue weighted by atomic mass is 15.0. The van der Waals surface area contributed by atoms with Gasteiger partial charge in [-0.15, -0.1) is 0 Å². The normalized spacial score (nSPS) is 13.0. The molecule has 27 heavy (non-hydrogen) atoms. The van der Waals surface area contributed by atoms with Crippen LogP contribution in [0.4, 0.5) is 0 Å². The molecule has 0 fully saturated rings. The third kappa shape index (κ3) is 3.13. The summed E-state index contributed by atoms with van der Waals surface area (Å²) in [5.74, 6) is 0. The standard InChI is InChI=1S/C25H22N2/c1-3-18(2)27-17-23(24-10-6-7-11-25(24)27)15-22(16-26)21-13-12-19-8-4-5-9-20(19)14-21/h4-15,17-18H,3H2,1-2H3/b22-15-/t18-/m0/s1. The second-order valence-electron chi connectivity index (χ2n) is 7.00. The van der Waals surface area contributed by atoms with E-state index < -0.39 is 0 Å². The van der Waals surface area contributed by atoms with Gasteiger partial charge in [-0.1, -0.05) is 61.5 Å². The molecule has 3 aromatic carbocycles. The summed E-state index contributed by atoms with van der Waals surface area (Å²) in [6.45, 7) is 4.43. The molecule has 0 saturated heterocycles. The van der Waals surface area contributed by atoms with Crippen LogP contribution in [0.25, 0.3) is 33.3 Å². The number of para-hydroxylation sites is 1. The van der Waals surface area contributed by atoms with Crippen molar-refractivity contribution in [2.45, 2.75) is 26.3 Å². The highest BCUT2D eigenvalue weighted by Crippen LogP contribution is 2.30. The molecule has 4 rings (SSSR count). The average Bonchev–Trinajstić information content (AvgIpc) is 3.09. The van der Waals surface area contributed by atoms with E-state index in [1.54, 1.807) is 0 Å². The van der Waals surface area contributed by atoms with E-state index in [0.717, 1.165) is 22.9 Å². The van der Waals surface area contributed by atoms with Gasteiger partial charge < -0.3 is 4.57 Å². The van der Waals surface area contributed by atoms with Crippen molar-refractivity contribution in [1.82, 2.24) is 4.57 Å². The summed E-state index contributed by atoms with van der Waals surface area (Å²) in [7, 11) is 0. The van der Waals surface area contributed by atoms with Gasteiger partial charge in [0.25, 0.3) is 0 Å². The summed E-state index contributed by atoms with van der Waals surface area (Å²) < 4.78 is 2.32. The lowest BCUT2D eigenvalue weighted by Gasteiger charge is -2.12. The molecular weight excluding hydrogens is 328 g/mol. The van der Waals surface area contributed by atoms with Crippen LogP contribution in [0.5, 0.6) is 0 Å². The zero-order valence-corrected chi connectivity index (χ0v) is 15.7. The maximum absolute atomic E-state index is 9.82. The fourth-order valence-corrected chi connectivity index (χ4v) is 3.60.